The van der Waals surface area contributed by atoms with Crippen molar-refractivity contribution in [3.63, 3.8) is 0 Å². The van der Waals surface area contributed by atoms with Gasteiger partial charge in [-0.25, -0.2) is 14.6 Å². The number of nitrogens with zero attached hydrogens (tertiary/aromatic N) is 3. The normalized spacial score (nSPS) is 15.2. The van der Waals surface area contributed by atoms with E-state index in [0.717, 1.165) is 33.9 Å². The van der Waals surface area contributed by atoms with Crippen LogP contribution in [0.4, 0.5) is 18.0 Å². The molecule has 12 heteroatoms. The summed E-state index contributed by atoms with van der Waals surface area (Å²) in [7, 11) is 0. The maximum absolute atomic E-state index is 12.9. The fourth-order valence-electron chi connectivity index (χ4n) is 6.17. The lowest BCUT2D eigenvalue weighted by atomic mass is 9.85. The van der Waals surface area contributed by atoms with Gasteiger partial charge in [0.1, 0.15) is 11.6 Å². The van der Waals surface area contributed by atoms with Gasteiger partial charge in [0.15, 0.2) is 0 Å². The smallest absolute Gasteiger partial charge is 0.475 e. The Morgan fingerprint density at radius 1 is 0.796 bits per heavy atom. The lowest BCUT2D eigenvalue weighted by Gasteiger charge is -2.33. The number of alkyl halides is 3. The molecule has 254 valence electrons. The molecular formula is C37H32Cl2F3N3O4. The average molecular weight is 711 g/mol. The number of aliphatic carboxylic acids is 1. The number of ether oxygens (including phenoxy) is 1. The topological polar surface area (TPSA) is 84.7 Å². The first-order valence-corrected chi connectivity index (χ1v) is 16.6. The van der Waals surface area contributed by atoms with Gasteiger partial charge < -0.3 is 19.3 Å². The molecule has 2 heterocycles. The van der Waals surface area contributed by atoms with E-state index in [4.69, 9.17) is 42.8 Å². The monoisotopic (exact) mass is 709 g/mol. The van der Waals surface area contributed by atoms with Crippen molar-refractivity contribution in [2.45, 2.75) is 49.7 Å². The van der Waals surface area contributed by atoms with Crippen LogP contribution in [0, 0.1) is 0 Å². The van der Waals surface area contributed by atoms with Crippen molar-refractivity contribution in [2.75, 3.05) is 13.1 Å². The van der Waals surface area contributed by atoms with Crippen LogP contribution in [0.3, 0.4) is 0 Å². The zero-order valence-electron chi connectivity index (χ0n) is 26.1. The molecule has 1 saturated carbocycles. The summed E-state index contributed by atoms with van der Waals surface area (Å²) in [5, 5.41) is 8.56. The van der Waals surface area contributed by atoms with Crippen LogP contribution in [0.25, 0.3) is 11.0 Å². The number of fused-ring (bicyclic) bond motifs is 1. The van der Waals surface area contributed by atoms with Gasteiger partial charge in [0.2, 0.25) is 0 Å². The molecule has 1 aliphatic carbocycles. The molecule has 0 atom stereocenters. The Hall–Kier alpha value is -4.54. The van der Waals surface area contributed by atoms with E-state index in [1.54, 1.807) is 0 Å². The van der Waals surface area contributed by atoms with E-state index >= 15 is 0 Å². The van der Waals surface area contributed by atoms with E-state index in [1.165, 1.54) is 35.4 Å². The summed E-state index contributed by atoms with van der Waals surface area (Å²) >= 11 is 12.5. The molecule has 49 heavy (non-hydrogen) atoms. The number of carboxylic acid groups (broad SMARTS) is 1. The molecular weight excluding hydrogens is 678 g/mol. The number of halogens is 5. The molecule has 0 radical (unpaired) electrons. The molecule has 7 rings (SSSR count). The fraction of sp³-hybridized carbons (Fsp3) is 0.270. The molecule has 0 bridgehead atoms. The number of carbonyl (C=O) groups is 2. The SMILES string of the molecule is O=C(O)C(F)(F)F.O=C(Oc1ccccc1)N1CCC(n2c(C3CC3)nc3ccc(C(c4ccc(Cl)cc4)c4ccc(Cl)cc4)cc32)CC1. The first-order chi connectivity index (χ1) is 23.5. The molecule has 5 aromatic rings. The Kier molecular flexibility index (Phi) is 10.2. The van der Waals surface area contributed by atoms with Gasteiger partial charge in [0, 0.05) is 41.0 Å². The summed E-state index contributed by atoms with van der Waals surface area (Å²) in [6, 6.07) is 32.4. The van der Waals surface area contributed by atoms with Crippen LogP contribution < -0.4 is 4.74 Å². The standard InChI is InChI=1S/C35H31Cl2N3O2.C2HF3O2/c36-27-13-8-23(9-14-27)33(24-10-15-28(37)16-11-24)26-12-17-31-32(22-26)40(34(38-31)25-6-7-25)29-18-20-39(21-19-29)35(41)42-30-4-2-1-3-5-30;3-2(4,5)1(6)7/h1-5,8-17,22,25,29,33H,6-7,18-21H2;(H,6,7). The quantitative estimate of drug-likeness (QED) is 0.178. The number of amides is 1. The third-order valence-electron chi connectivity index (χ3n) is 8.70. The van der Waals surface area contributed by atoms with Crippen LogP contribution in [-0.2, 0) is 4.79 Å². The number of hydrogen-bond donors (Lipinski definition) is 1. The maximum Gasteiger partial charge on any atom is 0.490 e. The Morgan fingerprint density at radius 3 is 1.84 bits per heavy atom. The van der Waals surface area contributed by atoms with Gasteiger partial charge in [0.25, 0.3) is 0 Å². The summed E-state index contributed by atoms with van der Waals surface area (Å²) in [5.74, 6) is -0.476. The highest BCUT2D eigenvalue weighted by molar-refractivity contribution is 6.30. The lowest BCUT2D eigenvalue weighted by molar-refractivity contribution is -0.192. The van der Waals surface area contributed by atoms with Crippen molar-refractivity contribution in [3.8, 4) is 5.75 Å². The molecule has 1 N–H and O–H groups in total. The van der Waals surface area contributed by atoms with Gasteiger partial charge >= 0.3 is 18.2 Å². The third-order valence-corrected chi connectivity index (χ3v) is 9.21. The number of benzene rings is 4. The van der Waals surface area contributed by atoms with Gasteiger partial charge in [-0.2, -0.15) is 13.2 Å². The number of rotatable bonds is 6. The van der Waals surface area contributed by atoms with E-state index in [-0.39, 0.29) is 18.1 Å². The second-order valence-electron chi connectivity index (χ2n) is 12.1. The Bertz CT molecular complexity index is 1880. The van der Waals surface area contributed by atoms with Crippen LogP contribution >= 0.6 is 23.2 Å². The van der Waals surface area contributed by atoms with Crippen LogP contribution in [0.15, 0.2) is 97.1 Å². The Labute approximate surface area is 290 Å². The Morgan fingerprint density at radius 2 is 1.33 bits per heavy atom. The number of carbonyl (C=O) groups excluding carboxylic acids is 1. The highest BCUT2D eigenvalue weighted by Gasteiger charge is 2.38. The number of carboxylic acids is 1. The van der Waals surface area contributed by atoms with E-state index in [9.17, 15) is 18.0 Å². The first-order valence-electron chi connectivity index (χ1n) is 15.8. The van der Waals surface area contributed by atoms with Crippen molar-refractivity contribution >= 4 is 46.3 Å². The Balaban J connectivity index is 0.000000540. The van der Waals surface area contributed by atoms with E-state index in [0.29, 0.717) is 24.8 Å². The predicted molar refractivity (Wildman–Crippen MR) is 182 cm³/mol. The second-order valence-corrected chi connectivity index (χ2v) is 13.0. The van der Waals surface area contributed by atoms with Gasteiger partial charge in [-0.15, -0.1) is 0 Å². The largest absolute Gasteiger partial charge is 0.490 e. The minimum Gasteiger partial charge on any atom is -0.475 e. The molecule has 1 saturated heterocycles. The number of para-hydroxylation sites is 1. The summed E-state index contributed by atoms with van der Waals surface area (Å²) in [4.78, 5) is 28.7. The van der Waals surface area contributed by atoms with Crippen molar-refractivity contribution < 1.29 is 32.6 Å². The van der Waals surface area contributed by atoms with Crippen molar-refractivity contribution in [3.05, 3.63) is 130 Å². The maximum atomic E-state index is 12.9. The van der Waals surface area contributed by atoms with Gasteiger partial charge in [0.05, 0.1) is 11.0 Å². The molecule has 1 aliphatic heterocycles. The molecule has 4 aromatic carbocycles. The first kappa shape index (κ1) is 34.3. The van der Waals surface area contributed by atoms with Crippen LogP contribution in [-0.4, -0.2) is 50.9 Å². The minimum absolute atomic E-state index is 0.0197. The number of piperidine rings is 1. The van der Waals surface area contributed by atoms with E-state index in [2.05, 4.69) is 47.0 Å². The fourth-order valence-corrected chi connectivity index (χ4v) is 6.42. The van der Waals surface area contributed by atoms with Gasteiger partial charge in [-0.05, 0) is 90.9 Å². The molecule has 1 amide bonds. The van der Waals surface area contributed by atoms with Crippen molar-refractivity contribution in [1.29, 1.82) is 0 Å². The van der Waals surface area contributed by atoms with Crippen LogP contribution in [0.2, 0.25) is 10.0 Å². The van der Waals surface area contributed by atoms with Crippen LogP contribution in [0.5, 0.6) is 5.75 Å². The number of likely N-dealkylation sites (tertiary alicyclic amines) is 1. The number of imidazole rings is 1. The molecule has 7 nitrogen and oxygen atoms in total. The zero-order chi connectivity index (χ0) is 34.7. The highest BCUT2D eigenvalue weighted by Crippen LogP contribution is 2.44. The molecule has 0 unspecified atom stereocenters. The highest BCUT2D eigenvalue weighted by atomic mass is 35.5. The van der Waals surface area contributed by atoms with Gasteiger partial charge in [-0.3, -0.25) is 0 Å². The summed E-state index contributed by atoms with van der Waals surface area (Å²) in [6.45, 7) is 1.30. The van der Waals surface area contributed by atoms with E-state index in [1.807, 2.05) is 59.5 Å². The van der Waals surface area contributed by atoms with Crippen LogP contribution in [0.1, 0.15) is 66.1 Å². The lowest BCUT2D eigenvalue weighted by Crippen LogP contribution is -2.40. The molecule has 2 fully saturated rings. The summed E-state index contributed by atoms with van der Waals surface area (Å²) in [5.41, 5.74) is 5.71. The average Bonchev–Trinajstić information content (AvgIpc) is 3.87. The molecule has 1 aromatic heterocycles. The number of aromatic nitrogens is 2. The minimum atomic E-state index is -5.08. The van der Waals surface area contributed by atoms with Crippen molar-refractivity contribution in [1.82, 2.24) is 14.5 Å². The molecule has 2 aliphatic rings. The van der Waals surface area contributed by atoms with Gasteiger partial charge in [-0.1, -0.05) is 71.7 Å². The number of hydrogen-bond acceptors (Lipinski definition) is 4. The summed E-state index contributed by atoms with van der Waals surface area (Å²) < 4.78 is 39.8. The van der Waals surface area contributed by atoms with E-state index < -0.39 is 12.1 Å². The van der Waals surface area contributed by atoms with Crippen molar-refractivity contribution in [2.24, 2.45) is 0 Å². The predicted octanol–water partition coefficient (Wildman–Crippen LogP) is 9.87. The third kappa shape index (κ3) is 8.20. The second kappa shape index (κ2) is 14.5. The summed E-state index contributed by atoms with van der Waals surface area (Å²) in [6.07, 6.45) is -1.30. The molecule has 0 spiro atoms. The zero-order valence-corrected chi connectivity index (χ0v) is 27.6.